The number of rotatable bonds is 3. The number of thioether (sulfide) groups is 1. The maximum absolute atomic E-state index is 14.3. The van der Waals surface area contributed by atoms with E-state index in [1.165, 1.54) is 17.3 Å². The van der Waals surface area contributed by atoms with E-state index >= 15 is 0 Å². The van der Waals surface area contributed by atoms with Gasteiger partial charge in [0.15, 0.2) is 5.16 Å². The minimum absolute atomic E-state index is 0.0471. The van der Waals surface area contributed by atoms with Crippen LogP contribution in [0.3, 0.4) is 0 Å². The molecule has 2 aromatic rings. The number of nitrogens with zero attached hydrogens (tertiary/aromatic N) is 3. The van der Waals surface area contributed by atoms with Crippen molar-refractivity contribution in [1.82, 2.24) is 9.55 Å². The number of aromatic nitrogens is 2. The molecule has 162 valence electrons. The third-order valence-corrected chi connectivity index (χ3v) is 8.10. The molecule has 1 aromatic carbocycles. The van der Waals surface area contributed by atoms with Crippen molar-refractivity contribution in [1.29, 1.82) is 5.26 Å². The minimum Gasteiger partial charge on any atom is -0.375 e. The lowest BCUT2D eigenvalue weighted by Crippen LogP contribution is -2.44. The van der Waals surface area contributed by atoms with E-state index in [9.17, 15) is 10.1 Å². The van der Waals surface area contributed by atoms with E-state index in [0.717, 1.165) is 61.8 Å². The van der Waals surface area contributed by atoms with E-state index in [4.69, 9.17) is 9.72 Å². The predicted octanol–water partition coefficient (Wildman–Crippen LogP) is 5.02. The molecule has 2 fully saturated rings. The van der Waals surface area contributed by atoms with Crippen molar-refractivity contribution in [3.8, 4) is 17.3 Å². The second-order valence-corrected chi connectivity index (χ2v) is 10.8. The summed E-state index contributed by atoms with van der Waals surface area (Å²) >= 11 is 1.38. The molecule has 6 heteroatoms. The highest BCUT2D eigenvalue weighted by molar-refractivity contribution is 7.99. The van der Waals surface area contributed by atoms with E-state index in [1.807, 2.05) is 10.6 Å². The zero-order chi connectivity index (χ0) is 21.6. The summed E-state index contributed by atoms with van der Waals surface area (Å²) in [6, 6.07) is 10.7. The fraction of sp³-hybridized carbons (Fsp3) is 0.560. The SMILES string of the molecule is CC1(C)C[C@H](n2c(SCC#N)nc3c(c2=O)C2(CCCC2)Cc2ccccc2-3)CCO1. The lowest BCUT2D eigenvalue weighted by molar-refractivity contribution is -0.0710. The minimum atomic E-state index is -0.271. The summed E-state index contributed by atoms with van der Waals surface area (Å²) in [6.45, 7) is 4.82. The molecule has 0 unspecified atom stereocenters. The van der Waals surface area contributed by atoms with Gasteiger partial charge < -0.3 is 4.74 Å². The van der Waals surface area contributed by atoms with Gasteiger partial charge in [-0.05, 0) is 51.5 Å². The van der Waals surface area contributed by atoms with Crippen LogP contribution in [0, 0.1) is 11.3 Å². The first-order valence-electron chi connectivity index (χ1n) is 11.3. The van der Waals surface area contributed by atoms with Gasteiger partial charge in [-0.25, -0.2) is 4.98 Å². The Hall–Kier alpha value is -2.10. The van der Waals surface area contributed by atoms with Crippen LogP contribution in [0.25, 0.3) is 11.3 Å². The number of fused-ring (bicyclic) bond motifs is 4. The Labute approximate surface area is 187 Å². The van der Waals surface area contributed by atoms with Gasteiger partial charge in [-0.15, -0.1) is 0 Å². The molecule has 3 aliphatic rings. The number of nitriles is 1. The summed E-state index contributed by atoms with van der Waals surface area (Å²) in [5.74, 6) is 0.282. The summed E-state index contributed by atoms with van der Waals surface area (Å²) in [5.41, 5.74) is 3.91. The first-order chi connectivity index (χ1) is 14.9. The van der Waals surface area contributed by atoms with Gasteiger partial charge in [0, 0.05) is 23.6 Å². The van der Waals surface area contributed by atoms with Crippen molar-refractivity contribution in [2.24, 2.45) is 0 Å². The van der Waals surface area contributed by atoms with E-state index < -0.39 is 0 Å². The maximum atomic E-state index is 14.3. The normalized spacial score (nSPS) is 23.2. The van der Waals surface area contributed by atoms with Crippen LogP contribution in [0.4, 0.5) is 0 Å². The molecule has 5 rings (SSSR count). The fourth-order valence-electron chi connectivity index (χ4n) is 5.96. The van der Waals surface area contributed by atoms with Crippen molar-refractivity contribution >= 4 is 11.8 Å². The van der Waals surface area contributed by atoms with Gasteiger partial charge in [-0.1, -0.05) is 48.9 Å². The lowest BCUT2D eigenvalue weighted by atomic mass is 9.68. The maximum Gasteiger partial charge on any atom is 0.258 e. The van der Waals surface area contributed by atoms with Gasteiger partial charge in [-0.3, -0.25) is 9.36 Å². The second kappa shape index (κ2) is 7.79. The van der Waals surface area contributed by atoms with E-state index in [1.54, 1.807) is 0 Å². The Bertz CT molecular complexity index is 1110. The summed E-state index contributed by atoms with van der Waals surface area (Å²) < 4.78 is 7.87. The molecule has 2 aliphatic carbocycles. The first-order valence-corrected chi connectivity index (χ1v) is 12.3. The molecule has 2 heterocycles. The number of ether oxygens (including phenoxy) is 1. The number of hydrogen-bond acceptors (Lipinski definition) is 5. The van der Waals surface area contributed by atoms with E-state index in [-0.39, 0.29) is 28.4 Å². The van der Waals surface area contributed by atoms with Gasteiger partial charge in [0.1, 0.15) is 0 Å². The average molecular weight is 436 g/mol. The molecule has 31 heavy (non-hydrogen) atoms. The van der Waals surface area contributed by atoms with Gasteiger partial charge >= 0.3 is 0 Å². The van der Waals surface area contributed by atoms with Crippen LogP contribution in [0.2, 0.25) is 0 Å². The molecular formula is C25H29N3O2S. The molecule has 1 spiro atoms. The largest absolute Gasteiger partial charge is 0.375 e. The van der Waals surface area contributed by atoms with Crippen LogP contribution >= 0.6 is 11.8 Å². The topological polar surface area (TPSA) is 67.9 Å². The fourth-order valence-corrected chi connectivity index (χ4v) is 6.69. The van der Waals surface area contributed by atoms with Crippen LogP contribution in [0.5, 0.6) is 0 Å². The van der Waals surface area contributed by atoms with Crippen LogP contribution in [-0.4, -0.2) is 27.5 Å². The van der Waals surface area contributed by atoms with Crippen molar-refractivity contribution in [2.75, 3.05) is 12.4 Å². The molecule has 5 nitrogen and oxygen atoms in total. The number of benzene rings is 1. The molecule has 1 saturated heterocycles. The molecule has 0 radical (unpaired) electrons. The van der Waals surface area contributed by atoms with Crippen molar-refractivity contribution in [3.63, 3.8) is 0 Å². The Morgan fingerprint density at radius 2 is 2.06 bits per heavy atom. The Kier molecular flexibility index (Phi) is 5.22. The monoisotopic (exact) mass is 435 g/mol. The molecular weight excluding hydrogens is 406 g/mol. The van der Waals surface area contributed by atoms with Crippen molar-refractivity contribution in [2.45, 2.75) is 81.0 Å². The Morgan fingerprint density at radius 3 is 2.81 bits per heavy atom. The molecule has 0 bridgehead atoms. The van der Waals surface area contributed by atoms with E-state index in [2.05, 4.69) is 38.1 Å². The third-order valence-electron chi connectivity index (χ3n) is 7.28. The van der Waals surface area contributed by atoms with Crippen LogP contribution in [0.15, 0.2) is 34.2 Å². The van der Waals surface area contributed by atoms with Crippen LogP contribution < -0.4 is 5.56 Å². The predicted molar refractivity (Wildman–Crippen MR) is 122 cm³/mol. The highest BCUT2D eigenvalue weighted by atomic mass is 32.2. The zero-order valence-electron chi connectivity index (χ0n) is 18.3. The van der Waals surface area contributed by atoms with Crippen LogP contribution in [-0.2, 0) is 16.6 Å². The zero-order valence-corrected chi connectivity index (χ0v) is 19.1. The smallest absolute Gasteiger partial charge is 0.258 e. The highest BCUT2D eigenvalue weighted by Gasteiger charge is 2.45. The summed E-state index contributed by atoms with van der Waals surface area (Å²) in [7, 11) is 0. The average Bonchev–Trinajstić information content (AvgIpc) is 3.19. The van der Waals surface area contributed by atoms with Gasteiger partial charge in [0.25, 0.3) is 5.56 Å². The molecule has 1 saturated carbocycles. The third kappa shape index (κ3) is 3.52. The number of hydrogen-bond donors (Lipinski definition) is 0. The second-order valence-electron chi connectivity index (χ2n) is 9.82. The van der Waals surface area contributed by atoms with Crippen molar-refractivity contribution in [3.05, 3.63) is 45.7 Å². The standard InChI is InChI=1S/C25H29N3O2S/c1-24(2)16-18(9-13-30-24)28-22(29)20-21(27-23(28)31-14-12-26)19-8-4-3-7-17(19)15-25(20)10-5-6-11-25/h3-4,7-8,18H,5-6,9-11,13-16H2,1-2H3/t18-/m1/s1. The van der Waals surface area contributed by atoms with Crippen molar-refractivity contribution < 1.29 is 4.74 Å². The molecule has 1 aliphatic heterocycles. The summed E-state index contributed by atoms with van der Waals surface area (Å²) in [4.78, 5) is 19.4. The molecule has 1 aromatic heterocycles. The van der Waals surface area contributed by atoms with E-state index in [0.29, 0.717) is 11.8 Å². The van der Waals surface area contributed by atoms with Gasteiger partial charge in [0.05, 0.1) is 28.7 Å². The lowest BCUT2D eigenvalue weighted by Gasteiger charge is -2.39. The first kappa shape index (κ1) is 20.8. The van der Waals surface area contributed by atoms with Crippen LogP contribution in [0.1, 0.15) is 69.5 Å². The highest BCUT2D eigenvalue weighted by Crippen LogP contribution is 2.50. The quantitative estimate of drug-likeness (QED) is 0.500. The summed E-state index contributed by atoms with van der Waals surface area (Å²) in [6.07, 6.45) is 6.93. The summed E-state index contributed by atoms with van der Waals surface area (Å²) in [5, 5.41) is 9.92. The van der Waals surface area contributed by atoms with Gasteiger partial charge in [0.2, 0.25) is 0 Å². The van der Waals surface area contributed by atoms with Gasteiger partial charge in [-0.2, -0.15) is 5.26 Å². The Morgan fingerprint density at radius 1 is 1.29 bits per heavy atom. The molecule has 0 amide bonds. The molecule has 1 atom stereocenters. The molecule has 0 N–H and O–H groups in total. The Balaban J connectivity index is 1.75.